The summed E-state index contributed by atoms with van der Waals surface area (Å²) in [7, 11) is -3.57. The summed E-state index contributed by atoms with van der Waals surface area (Å²) in [6.07, 6.45) is -0.394. The van der Waals surface area contributed by atoms with Crippen molar-refractivity contribution in [3.05, 3.63) is 64.4 Å². The average Bonchev–Trinajstić information content (AvgIpc) is 2.56. The molecule has 1 aliphatic heterocycles. The molecule has 2 aromatic rings. The minimum atomic E-state index is -3.57. The second kappa shape index (κ2) is 6.68. The van der Waals surface area contributed by atoms with E-state index in [0.717, 1.165) is 10.0 Å². The molecule has 0 saturated carbocycles. The van der Waals surface area contributed by atoms with Crippen LogP contribution in [0.25, 0.3) is 0 Å². The van der Waals surface area contributed by atoms with Crippen LogP contribution in [0.5, 0.6) is 0 Å². The minimum Gasteiger partial charge on any atom is -0.371 e. The molecule has 1 heterocycles. The Morgan fingerprint density at radius 2 is 1.74 bits per heavy atom. The van der Waals surface area contributed by atoms with E-state index in [2.05, 4.69) is 15.9 Å². The molecule has 122 valence electrons. The number of sulfonamides is 1. The van der Waals surface area contributed by atoms with Crippen molar-refractivity contribution >= 4 is 26.0 Å². The van der Waals surface area contributed by atoms with Gasteiger partial charge in [-0.15, -0.1) is 0 Å². The summed E-state index contributed by atoms with van der Waals surface area (Å²) >= 11 is 3.30. The van der Waals surface area contributed by atoms with Gasteiger partial charge in [0.1, 0.15) is 5.82 Å². The van der Waals surface area contributed by atoms with Crippen LogP contribution in [-0.4, -0.2) is 32.4 Å². The molecular weight excluding hydrogens is 385 g/mol. The molecule has 4 nitrogen and oxygen atoms in total. The van der Waals surface area contributed by atoms with Gasteiger partial charge >= 0.3 is 0 Å². The van der Waals surface area contributed by atoms with Gasteiger partial charge in [0, 0.05) is 17.6 Å². The Hall–Kier alpha value is -1.28. The number of benzene rings is 2. The van der Waals surface area contributed by atoms with Gasteiger partial charge in [-0.25, -0.2) is 12.8 Å². The van der Waals surface area contributed by atoms with Gasteiger partial charge < -0.3 is 4.74 Å². The molecular formula is C16H15BrFNO3S. The van der Waals surface area contributed by atoms with E-state index in [4.69, 9.17) is 4.74 Å². The Morgan fingerprint density at radius 3 is 2.39 bits per heavy atom. The standard InChI is InChI=1S/C16H15BrFNO3S/c17-13-3-7-15(8-4-13)23(20,21)19-9-10-22-16(11-19)12-1-5-14(18)6-2-12/h1-8,16H,9-11H2. The predicted octanol–water partition coefficient (Wildman–Crippen LogP) is 3.35. The van der Waals surface area contributed by atoms with Crippen LogP contribution in [0.2, 0.25) is 0 Å². The fourth-order valence-electron chi connectivity index (χ4n) is 2.48. The van der Waals surface area contributed by atoms with E-state index >= 15 is 0 Å². The fraction of sp³-hybridized carbons (Fsp3) is 0.250. The molecule has 1 fully saturated rings. The highest BCUT2D eigenvalue weighted by Crippen LogP contribution is 2.27. The topological polar surface area (TPSA) is 46.6 Å². The first kappa shape index (κ1) is 16.6. The van der Waals surface area contributed by atoms with Gasteiger partial charge in [-0.2, -0.15) is 4.31 Å². The van der Waals surface area contributed by atoms with Gasteiger partial charge in [-0.3, -0.25) is 0 Å². The highest BCUT2D eigenvalue weighted by Gasteiger charge is 2.31. The summed E-state index contributed by atoms with van der Waals surface area (Å²) in [5, 5.41) is 0. The maximum absolute atomic E-state index is 13.0. The van der Waals surface area contributed by atoms with Crippen LogP contribution < -0.4 is 0 Å². The lowest BCUT2D eigenvalue weighted by molar-refractivity contribution is -0.00258. The van der Waals surface area contributed by atoms with Gasteiger partial charge in [-0.1, -0.05) is 28.1 Å². The molecule has 0 radical (unpaired) electrons. The molecule has 7 heteroatoms. The van der Waals surface area contributed by atoms with Gasteiger partial charge in [0.05, 0.1) is 17.6 Å². The van der Waals surface area contributed by atoms with E-state index in [9.17, 15) is 12.8 Å². The number of morpholine rings is 1. The van der Waals surface area contributed by atoms with Gasteiger partial charge in [-0.05, 0) is 42.0 Å². The van der Waals surface area contributed by atoms with Gasteiger partial charge in [0.25, 0.3) is 0 Å². The van der Waals surface area contributed by atoms with E-state index in [1.54, 1.807) is 36.4 Å². The molecule has 0 aromatic heterocycles. The Bertz CT molecular complexity index is 778. The lowest BCUT2D eigenvalue weighted by Gasteiger charge is -2.32. The maximum Gasteiger partial charge on any atom is 0.243 e. The summed E-state index contributed by atoms with van der Waals surface area (Å²) in [6.45, 7) is 0.817. The lowest BCUT2D eigenvalue weighted by atomic mass is 10.1. The number of hydrogen-bond donors (Lipinski definition) is 0. The van der Waals surface area contributed by atoms with E-state index in [1.807, 2.05) is 0 Å². The quantitative estimate of drug-likeness (QED) is 0.794. The number of nitrogens with zero attached hydrogens (tertiary/aromatic N) is 1. The van der Waals surface area contributed by atoms with Crippen molar-refractivity contribution in [3.63, 3.8) is 0 Å². The zero-order valence-corrected chi connectivity index (χ0v) is 14.6. The number of hydrogen-bond acceptors (Lipinski definition) is 3. The molecule has 0 amide bonds. The van der Waals surface area contributed by atoms with Crippen LogP contribution >= 0.6 is 15.9 Å². The smallest absolute Gasteiger partial charge is 0.243 e. The largest absolute Gasteiger partial charge is 0.371 e. The van der Waals surface area contributed by atoms with Gasteiger partial charge in [0.15, 0.2) is 0 Å². The van der Waals surface area contributed by atoms with Crippen molar-refractivity contribution in [1.82, 2.24) is 4.31 Å². The van der Waals surface area contributed by atoms with E-state index in [-0.39, 0.29) is 17.3 Å². The van der Waals surface area contributed by atoms with Crippen molar-refractivity contribution in [2.75, 3.05) is 19.7 Å². The Balaban J connectivity index is 1.82. The van der Waals surface area contributed by atoms with E-state index < -0.39 is 16.1 Å². The molecule has 1 atom stereocenters. The van der Waals surface area contributed by atoms with Crippen molar-refractivity contribution in [1.29, 1.82) is 0 Å². The molecule has 0 aliphatic carbocycles. The second-order valence-corrected chi connectivity index (χ2v) is 8.08. The summed E-state index contributed by atoms with van der Waals surface area (Å²) in [5.41, 5.74) is 0.766. The third-order valence-corrected chi connectivity index (χ3v) is 6.13. The summed E-state index contributed by atoms with van der Waals surface area (Å²) in [5.74, 6) is -0.330. The molecule has 0 bridgehead atoms. The number of halogens is 2. The van der Waals surface area contributed by atoms with Crippen LogP contribution in [0.3, 0.4) is 0 Å². The highest BCUT2D eigenvalue weighted by atomic mass is 79.9. The Labute approximate surface area is 143 Å². The molecule has 1 unspecified atom stereocenters. The molecule has 1 saturated heterocycles. The summed E-state index contributed by atoms with van der Waals surface area (Å²) < 4.78 is 46.4. The molecule has 23 heavy (non-hydrogen) atoms. The Morgan fingerprint density at radius 1 is 1.09 bits per heavy atom. The molecule has 0 spiro atoms. The first-order chi connectivity index (χ1) is 11.0. The number of ether oxygens (including phenoxy) is 1. The van der Waals surface area contributed by atoms with Gasteiger partial charge in [0.2, 0.25) is 10.0 Å². The maximum atomic E-state index is 13.0. The van der Waals surface area contributed by atoms with E-state index in [1.165, 1.54) is 16.4 Å². The highest BCUT2D eigenvalue weighted by molar-refractivity contribution is 9.10. The summed E-state index contributed by atoms with van der Waals surface area (Å²) in [6, 6.07) is 12.5. The lowest BCUT2D eigenvalue weighted by Crippen LogP contribution is -2.42. The Kier molecular flexibility index (Phi) is 4.82. The normalized spacial score (nSPS) is 19.7. The fourth-order valence-corrected chi connectivity index (χ4v) is 4.17. The zero-order valence-electron chi connectivity index (χ0n) is 12.2. The van der Waals surface area contributed by atoms with Crippen molar-refractivity contribution in [2.24, 2.45) is 0 Å². The zero-order chi connectivity index (χ0) is 16.4. The molecule has 2 aromatic carbocycles. The van der Waals surface area contributed by atoms with Crippen LogP contribution in [0.15, 0.2) is 57.9 Å². The van der Waals surface area contributed by atoms with Crippen LogP contribution in [0.1, 0.15) is 11.7 Å². The van der Waals surface area contributed by atoms with E-state index in [0.29, 0.717) is 13.2 Å². The molecule has 0 N–H and O–H groups in total. The predicted molar refractivity (Wildman–Crippen MR) is 88.0 cm³/mol. The van der Waals surface area contributed by atoms with Crippen molar-refractivity contribution in [2.45, 2.75) is 11.0 Å². The minimum absolute atomic E-state index is 0.212. The molecule has 1 aliphatic rings. The monoisotopic (exact) mass is 399 g/mol. The van der Waals surface area contributed by atoms with Crippen LogP contribution in [-0.2, 0) is 14.8 Å². The summed E-state index contributed by atoms with van der Waals surface area (Å²) in [4.78, 5) is 0.250. The average molecular weight is 400 g/mol. The first-order valence-electron chi connectivity index (χ1n) is 7.09. The first-order valence-corrected chi connectivity index (χ1v) is 9.33. The van der Waals surface area contributed by atoms with Crippen molar-refractivity contribution in [3.8, 4) is 0 Å². The SMILES string of the molecule is O=S(=O)(c1ccc(Br)cc1)N1CCOC(c2ccc(F)cc2)C1. The second-order valence-electron chi connectivity index (χ2n) is 5.23. The molecule has 3 rings (SSSR count). The number of rotatable bonds is 3. The third kappa shape index (κ3) is 3.63. The van der Waals surface area contributed by atoms with Crippen LogP contribution in [0, 0.1) is 5.82 Å². The van der Waals surface area contributed by atoms with Crippen molar-refractivity contribution < 1.29 is 17.5 Å². The van der Waals surface area contributed by atoms with Crippen LogP contribution in [0.4, 0.5) is 4.39 Å². The third-order valence-electron chi connectivity index (χ3n) is 3.72.